The first kappa shape index (κ1) is 13.6. The van der Waals surface area contributed by atoms with Crippen LogP contribution in [0, 0.1) is 5.82 Å². The van der Waals surface area contributed by atoms with E-state index in [1.165, 1.54) is 24.5 Å². The van der Waals surface area contributed by atoms with E-state index in [1.807, 2.05) is 0 Å². The van der Waals surface area contributed by atoms with Gasteiger partial charge in [0.05, 0.1) is 17.6 Å². The van der Waals surface area contributed by atoms with Crippen molar-refractivity contribution in [3.63, 3.8) is 0 Å². The lowest BCUT2D eigenvalue weighted by molar-refractivity contribution is 0.101. The highest BCUT2D eigenvalue weighted by atomic mass is 32.2. The first-order chi connectivity index (χ1) is 10.2. The highest BCUT2D eigenvalue weighted by Crippen LogP contribution is 2.24. The van der Waals surface area contributed by atoms with Gasteiger partial charge in [0.1, 0.15) is 5.82 Å². The molecular weight excluding hydrogens is 295 g/mol. The Labute approximate surface area is 123 Å². The van der Waals surface area contributed by atoms with E-state index in [0.717, 1.165) is 11.8 Å². The molecule has 0 amide bonds. The molecule has 2 aromatic heterocycles. The summed E-state index contributed by atoms with van der Waals surface area (Å²) < 4.78 is 23.9. The molecule has 21 heavy (non-hydrogen) atoms. The summed E-state index contributed by atoms with van der Waals surface area (Å²) in [5, 5.41) is 7.84. The number of nitrogens with zero attached hydrogens (tertiary/aromatic N) is 2. The molecule has 0 saturated carbocycles. The first-order valence-corrected chi connectivity index (χ1v) is 7.00. The highest BCUT2D eigenvalue weighted by molar-refractivity contribution is 7.99. The van der Waals surface area contributed by atoms with Crippen LogP contribution in [0.4, 0.5) is 4.39 Å². The van der Waals surface area contributed by atoms with Gasteiger partial charge in [0.2, 0.25) is 0 Å². The maximum atomic E-state index is 13.5. The number of benzene rings is 1. The molecule has 3 rings (SSSR count). The van der Waals surface area contributed by atoms with Gasteiger partial charge in [-0.15, -0.1) is 10.2 Å². The predicted octanol–water partition coefficient (Wildman–Crippen LogP) is 3.44. The Bertz CT molecular complexity index is 755. The summed E-state index contributed by atoms with van der Waals surface area (Å²) in [6, 6.07) is 9.23. The van der Waals surface area contributed by atoms with Crippen molar-refractivity contribution in [3.8, 4) is 11.7 Å². The second kappa shape index (κ2) is 5.92. The lowest BCUT2D eigenvalue weighted by Gasteiger charge is -1.99. The summed E-state index contributed by atoms with van der Waals surface area (Å²) in [5.41, 5.74) is 0.0516. The molecule has 5 nitrogen and oxygen atoms in total. The minimum absolute atomic E-state index is 0.0146. The lowest BCUT2D eigenvalue weighted by atomic mass is 10.1. The van der Waals surface area contributed by atoms with E-state index in [-0.39, 0.29) is 28.2 Å². The molecule has 0 bridgehead atoms. The molecule has 2 heterocycles. The van der Waals surface area contributed by atoms with Crippen LogP contribution in [0.25, 0.3) is 11.7 Å². The summed E-state index contributed by atoms with van der Waals surface area (Å²) in [6.07, 6.45) is 1.49. The van der Waals surface area contributed by atoms with Gasteiger partial charge in [0.15, 0.2) is 11.5 Å². The van der Waals surface area contributed by atoms with Crippen molar-refractivity contribution in [1.82, 2.24) is 10.2 Å². The van der Waals surface area contributed by atoms with Gasteiger partial charge in [-0.3, -0.25) is 4.79 Å². The van der Waals surface area contributed by atoms with Crippen molar-refractivity contribution in [3.05, 3.63) is 54.0 Å². The SMILES string of the molecule is O=C(CSc1nnc(-c2ccco2)o1)c1ccccc1F. The second-order valence-electron chi connectivity index (χ2n) is 4.04. The van der Waals surface area contributed by atoms with Gasteiger partial charge in [-0.25, -0.2) is 4.39 Å². The van der Waals surface area contributed by atoms with Crippen LogP contribution in [0.3, 0.4) is 0 Å². The normalized spacial score (nSPS) is 10.7. The quantitative estimate of drug-likeness (QED) is 0.531. The van der Waals surface area contributed by atoms with E-state index in [9.17, 15) is 9.18 Å². The average Bonchev–Trinajstić information content (AvgIpc) is 3.16. The Morgan fingerprint density at radius 2 is 2.05 bits per heavy atom. The first-order valence-electron chi connectivity index (χ1n) is 6.02. The average molecular weight is 304 g/mol. The van der Waals surface area contributed by atoms with Crippen LogP contribution in [0.5, 0.6) is 0 Å². The molecular formula is C14H9FN2O3S. The minimum Gasteiger partial charge on any atom is -0.459 e. The number of ketones is 1. The zero-order valence-corrected chi connectivity index (χ0v) is 11.5. The molecule has 0 spiro atoms. The van der Waals surface area contributed by atoms with Gasteiger partial charge in [-0.05, 0) is 24.3 Å². The van der Waals surface area contributed by atoms with E-state index >= 15 is 0 Å². The molecule has 0 unspecified atom stereocenters. The molecule has 0 aliphatic rings. The van der Waals surface area contributed by atoms with Crippen LogP contribution in [-0.4, -0.2) is 21.7 Å². The fraction of sp³-hybridized carbons (Fsp3) is 0.0714. The third-order valence-corrected chi connectivity index (χ3v) is 3.46. The predicted molar refractivity (Wildman–Crippen MR) is 73.5 cm³/mol. The molecule has 3 aromatic rings. The van der Waals surface area contributed by atoms with Crippen molar-refractivity contribution in [2.45, 2.75) is 5.22 Å². The number of rotatable bonds is 5. The number of furan rings is 1. The maximum absolute atomic E-state index is 13.5. The fourth-order valence-corrected chi connectivity index (χ4v) is 2.31. The van der Waals surface area contributed by atoms with Gasteiger partial charge in [-0.1, -0.05) is 23.9 Å². The number of Topliss-reactive ketones (excluding diaryl/α,β-unsaturated/α-hetero) is 1. The minimum atomic E-state index is -0.537. The Morgan fingerprint density at radius 3 is 2.81 bits per heavy atom. The van der Waals surface area contributed by atoms with E-state index in [0.29, 0.717) is 5.76 Å². The number of carbonyl (C=O) groups is 1. The summed E-state index contributed by atoms with van der Waals surface area (Å²) in [5.74, 6) is -0.169. The van der Waals surface area contributed by atoms with Crippen LogP contribution in [0.2, 0.25) is 0 Å². The number of hydrogen-bond donors (Lipinski definition) is 0. The highest BCUT2D eigenvalue weighted by Gasteiger charge is 2.15. The van der Waals surface area contributed by atoms with Gasteiger partial charge in [-0.2, -0.15) is 0 Å². The lowest BCUT2D eigenvalue weighted by Crippen LogP contribution is -2.04. The molecule has 0 saturated heterocycles. The number of thioether (sulfide) groups is 1. The van der Waals surface area contributed by atoms with Gasteiger partial charge in [0.25, 0.3) is 11.1 Å². The molecule has 0 radical (unpaired) electrons. The van der Waals surface area contributed by atoms with Crippen LogP contribution in [-0.2, 0) is 0 Å². The van der Waals surface area contributed by atoms with E-state index in [4.69, 9.17) is 8.83 Å². The maximum Gasteiger partial charge on any atom is 0.284 e. The van der Waals surface area contributed by atoms with Crippen LogP contribution >= 0.6 is 11.8 Å². The Kier molecular flexibility index (Phi) is 3.83. The number of hydrogen-bond acceptors (Lipinski definition) is 6. The Hall–Kier alpha value is -2.41. The number of halogens is 1. The largest absolute Gasteiger partial charge is 0.459 e. The molecule has 0 fully saturated rings. The molecule has 0 aliphatic carbocycles. The van der Waals surface area contributed by atoms with E-state index in [2.05, 4.69) is 10.2 Å². The van der Waals surface area contributed by atoms with Crippen molar-refractivity contribution in [1.29, 1.82) is 0 Å². The molecule has 0 N–H and O–H groups in total. The van der Waals surface area contributed by atoms with Crippen molar-refractivity contribution in [2.75, 3.05) is 5.75 Å². The standard InChI is InChI=1S/C14H9FN2O3S/c15-10-5-2-1-4-9(10)11(18)8-21-14-17-16-13(20-14)12-6-3-7-19-12/h1-7H,8H2. The van der Waals surface area contributed by atoms with Crippen molar-refractivity contribution in [2.24, 2.45) is 0 Å². The van der Waals surface area contributed by atoms with Crippen LogP contribution < -0.4 is 0 Å². The summed E-state index contributed by atoms with van der Waals surface area (Å²) in [6.45, 7) is 0. The second-order valence-corrected chi connectivity index (χ2v) is 4.97. The molecule has 0 aliphatic heterocycles. The topological polar surface area (TPSA) is 69.1 Å². The Morgan fingerprint density at radius 1 is 1.19 bits per heavy atom. The third kappa shape index (κ3) is 3.03. The molecule has 0 atom stereocenters. The molecule has 7 heteroatoms. The van der Waals surface area contributed by atoms with E-state index in [1.54, 1.807) is 18.2 Å². The summed E-state index contributed by atoms with van der Waals surface area (Å²) >= 11 is 1.05. The number of aromatic nitrogens is 2. The monoisotopic (exact) mass is 304 g/mol. The number of carbonyl (C=O) groups excluding carboxylic acids is 1. The van der Waals surface area contributed by atoms with Gasteiger partial charge >= 0.3 is 0 Å². The zero-order valence-electron chi connectivity index (χ0n) is 10.7. The molecule has 106 valence electrons. The van der Waals surface area contributed by atoms with Crippen LogP contribution in [0.1, 0.15) is 10.4 Å². The zero-order chi connectivity index (χ0) is 14.7. The van der Waals surface area contributed by atoms with Crippen LogP contribution in [0.15, 0.2) is 56.7 Å². The summed E-state index contributed by atoms with van der Waals surface area (Å²) in [4.78, 5) is 11.9. The van der Waals surface area contributed by atoms with Crippen molar-refractivity contribution >= 4 is 17.5 Å². The third-order valence-electron chi connectivity index (χ3n) is 2.64. The smallest absolute Gasteiger partial charge is 0.284 e. The summed E-state index contributed by atoms with van der Waals surface area (Å²) in [7, 11) is 0. The van der Waals surface area contributed by atoms with Crippen molar-refractivity contribution < 1.29 is 18.0 Å². The van der Waals surface area contributed by atoms with E-state index < -0.39 is 5.82 Å². The van der Waals surface area contributed by atoms with Gasteiger partial charge in [0, 0.05) is 0 Å². The van der Waals surface area contributed by atoms with Gasteiger partial charge < -0.3 is 8.83 Å². The fourth-order valence-electron chi connectivity index (χ4n) is 1.66. The molecule has 1 aromatic carbocycles. The Balaban J connectivity index is 1.66.